The largest absolute Gasteiger partial charge is 0.394 e. The van der Waals surface area contributed by atoms with Crippen molar-refractivity contribution in [2.75, 3.05) is 6.61 Å². The third-order valence-corrected chi connectivity index (χ3v) is 4.85. The van der Waals surface area contributed by atoms with Crippen LogP contribution in [0, 0.1) is 5.82 Å². The molecule has 0 spiro atoms. The highest BCUT2D eigenvalue weighted by Crippen LogP contribution is 2.36. The van der Waals surface area contributed by atoms with Crippen molar-refractivity contribution in [2.24, 2.45) is 5.11 Å². The molecule has 2 rings (SSSR count). The van der Waals surface area contributed by atoms with Gasteiger partial charge in [0.25, 0.3) is 0 Å². The Hall–Kier alpha value is -0.870. The van der Waals surface area contributed by atoms with Crippen LogP contribution in [0.25, 0.3) is 10.4 Å². The second kappa shape index (κ2) is 7.60. The molecule has 0 bridgehead atoms. The van der Waals surface area contributed by atoms with Gasteiger partial charge in [0.1, 0.15) is 23.5 Å². The van der Waals surface area contributed by atoms with E-state index < -0.39 is 42.2 Å². The van der Waals surface area contributed by atoms with Crippen LogP contribution >= 0.6 is 27.7 Å². The van der Waals surface area contributed by atoms with E-state index in [1.807, 2.05) is 0 Å². The summed E-state index contributed by atoms with van der Waals surface area (Å²) >= 11 is 4.10. The lowest BCUT2D eigenvalue weighted by atomic mass is 9.98. The summed E-state index contributed by atoms with van der Waals surface area (Å²) in [4.78, 5) is 2.79. The van der Waals surface area contributed by atoms with E-state index in [0.29, 0.717) is 4.47 Å². The summed E-state index contributed by atoms with van der Waals surface area (Å²) < 4.78 is 19.8. The number of thioether (sulfide) groups is 1. The highest BCUT2D eigenvalue weighted by molar-refractivity contribution is 9.10. The van der Waals surface area contributed by atoms with E-state index in [0.717, 1.165) is 11.8 Å². The lowest BCUT2D eigenvalue weighted by molar-refractivity contribution is -0.159. The van der Waals surface area contributed by atoms with Gasteiger partial charge in [-0.25, -0.2) is 4.39 Å². The maximum Gasteiger partial charge on any atom is 0.136 e. The molecule has 3 N–H and O–H groups in total. The van der Waals surface area contributed by atoms with Crippen molar-refractivity contribution >= 4 is 27.7 Å². The minimum Gasteiger partial charge on any atom is -0.394 e. The molecular formula is C12H13BrFN3O4S. The summed E-state index contributed by atoms with van der Waals surface area (Å²) in [6, 6.07) is 3.10. The average molecular weight is 394 g/mol. The van der Waals surface area contributed by atoms with Crippen LogP contribution in [0.1, 0.15) is 0 Å². The third-order valence-electron chi connectivity index (χ3n) is 3.17. The van der Waals surface area contributed by atoms with Crippen molar-refractivity contribution < 1.29 is 24.4 Å². The van der Waals surface area contributed by atoms with Gasteiger partial charge in [0.05, 0.1) is 18.8 Å². The SMILES string of the molecule is [N-]=[N+]=N[C@@H]1C(O)[C@@H](Sc2cc(Br)ccc2F)OC(CO)[C@@H]1O. The monoisotopic (exact) mass is 393 g/mol. The number of rotatable bonds is 4. The summed E-state index contributed by atoms with van der Waals surface area (Å²) in [7, 11) is 0. The molecule has 1 saturated heterocycles. The van der Waals surface area contributed by atoms with Crippen molar-refractivity contribution in [2.45, 2.75) is 34.7 Å². The van der Waals surface area contributed by atoms with Gasteiger partial charge in [-0.15, -0.1) is 0 Å². The Morgan fingerprint density at radius 2 is 2.14 bits per heavy atom. The number of aliphatic hydroxyl groups is 3. The fourth-order valence-corrected chi connectivity index (χ4v) is 3.69. The van der Waals surface area contributed by atoms with Crippen LogP contribution in [0.15, 0.2) is 32.7 Å². The first-order chi connectivity index (χ1) is 10.5. The van der Waals surface area contributed by atoms with Crippen molar-refractivity contribution in [1.29, 1.82) is 0 Å². The molecule has 1 aromatic carbocycles. The number of hydrogen-bond acceptors (Lipinski definition) is 6. The highest BCUT2D eigenvalue weighted by atomic mass is 79.9. The second-order valence-corrected chi connectivity index (χ2v) is 6.65. The molecule has 5 atom stereocenters. The Kier molecular flexibility index (Phi) is 6.04. The molecule has 0 aliphatic carbocycles. The normalized spacial score (nSPS) is 31.6. The number of benzene rings is 1. The Morgan fingerprint density at radius 1 is 1.41 bits per heavy atom. The molecule has 1 aliphatic rings. The van der Waals surface area contributed by atoms with Gasteiger partial charge in [-0.3, -0.25) is 0 Å². The zero-order valence-electron chi connectivity index (χ0n) is 11.1. The Bertz CT molecular complexity index is 589. The Labute approximate surface area is 137 Å². The van der Waals surface area contributed by atoms with Crippen LogP contribution in [0.5, 0.6) is 0 Å². The summed E-state index contributed by atoms with van der Waals surface area (Å²) in [6.07, 6.45) is -3.73. The van der Waals surface area contributed by atoms with Crippen LogP contribution in [-0.4, -0.2) is 51.7 Å². The van der Waals surface area contributed by atoms with Gasteiger partial charge in [0.2, 0.25) is 0 Å². The highest BCUT2D eigenvalue weighted by Gasteiger charge is 2.44. The van der Waals surface area contributed by atoms with Crippen LogP contribution in [0.4, 0.5) is 4.39 Å². The van der Waals surface area contributed by atoms with Crippen molar-refractivity contribution in [1.82, 2.24) is 0 Å². The lowest BCUT2D eigenvalue weighted by Crippen LogP contribution is -2.56. The molecule has 0 saturated carbocycles. The fourth-order valence-electron chi connectivity index (χ4n) is 2.05. The minimum atomic E-state index is -1.35. The molecule has 10 heteroatoms. The van der Waals surface area contributed by atoms with Crippen LogP contribution < -0.4 is 0 Å². The molecule has 1 aromatic rings. The summed E-state index contributed by atoms with van der Waals surface area (Å²) in [6.45, 7) is -0.524. The lowest BCUT2D eigenvalue weighted by Gasteiger charge is -2.40. The van der Waals surface area contributed by atoms with Crippen molar-refractivity contribution in [3.05, 3.63) is 38.9 Å². The average Bonchev–Trinajstić information content (AvgIpc) is 2.50. The first-order valence-electron chi connectivity index (χ1n) is 6.26. The van der Waals surface area contributed by atoms with E-state index in [9.17, 15) is 19.7 Å². The van der Waals surface area contributed by atoms with E-state index in [2.05, 4.69) is 26.0 Å². The molecule has 0 aromatic heterocycles. The Balaban J connectivity index is 2.25. The molecule has 120 valence electrons. The zero-order valence-corrected chi connectivity index (χ0v) is 13.5. The van der Waals surface area contributed by atoms with Gasteiger partial charge < -0.3 is 20.1 Å². The Morgan fingerprint density at radius 3 is 2.77 bits per heavy atom. The molecule has 1 aliphatic heterocycles. The maximum absolute atomic E-state index is 13.8. The van der Waals surface area contributed by atoms with Gasteiger partial charge in [0, 0.05) is 14.3 Å². The third kappa shape index (κ3) is 3.72. The smallest absolute Gasteiger partial charge is 0.136 e. The summed E-state index contributed by atoms with van der Waals surface area (Å²) in [5.74, 6) is -0.504. The predicted octanol–water partition coefficient (Wildman–Crippen LogP) is 1.80. The number of hydrogen-bond donors (Lipinski definition) is 3. The molecule has 7 nitrogen and oxygen atoms in total. The first kappa shape index (κ1) is 17.5. The number of azide groups is 1. The van der Waals surface area contributed by atoms with Crippen molar-refractivity contribution in [3.8, 4) is 0 Å². The van der Waals surface area contributed by atoms with Crippen LogP contribution in [-0.2, 0) is 4.74 Å². The number of nitrogens with zero attached hydrogens (tertiary/aromatic N) is 3. The summed E-state index contributed by atoms with van der Waals surface area (Å²) in [5, 5.41) is 32.7. The quantitative estimate of drug-likeness (QED) is 0.409. The van der Waals surface area contributed by atoms with E-state index in [4.69, 9.17) is 10.3 Å². The zero-order chi connectivity index (χ0) is 16.3. The molecule has 1 fully saturated rings. The van der Waals surface area contributed by atoms with Gasteiger partial charge in [-0.1, -0.05) is 32.8 Å². The molecular weight excluding hydrogens is 381 g/mol. The van der Waals surface area contributed by atoms with Gasteiger partial charge in [-0.05, 0) is 23.7 Å². The molecule has 1 heterocycles. The molecule has 22 heavy (non-hydrogen) atoms. The predicted molar refractivity (Wildman–Crippen MR) is 80.7 cm³/mol. The molecule has 0 amide bonds. The fraction of sp³-hybridized carbons (Fsp3) is 0.500. The summed E-state index contributed by atoms with van der Waals surface area (Å²) in [5.41, 5.74) is 7.53. The second-order valence-electron chi connectivity index (χ2n) is 4.59. The van der Waals surface area contributed by atoms with E-state index >= 15 is 0 Å². The number of halogens is 2. The van der Waals surface area contributed by atoms with E-state index in [1.54, 1.807) is 0 Å². The van der Waals surface area contributed by atoms with E-state index in [-0.39, 0.29) is 4.90 Å². The topological polar surface area (TPSA) is 119 Å². The molecule has 2 unspecified atom stereocenters. The first-order valence-corrected chi connectivity index (χ1v) is 7.93. The number of aliphatic hydroxyl groups excluding tert-OH is 3. The number of ether oxygens (including phenoxy) is 1. The van der Waals surface area contributed by atoms with Crippen LogP contribution in [0.3, 0.4) is 0 Å². The maximum atomic E-state index is 13.8. The van der Waals surface area contributed by atoms with Crippen molar-refractivity contribution in [3.63, 3.8) is 0 Å². The van der Waals surface area contributed by atoms with Gasteiger partial charge in [-0.2, -0.15) is 0 Å². The van der Waals surface area contributed by atoms with Crippen LogP contribution in [0.2, 0.25) is 0 Å². The minimum absolute atomic E-state index is 0.214. The standard InChI is InChI=1S/C12H13BrFN3O4S/c13-5-1-2-6(14)8(3-5)22-12-11(20)9(16-17-15)10(19)7(4-18)21-12/h1-3,7,9-12,18-20H,4H2/t7?,9-,10-,11?,12+/m0/s1. The van der Waals surface area contributed by atoms with Gasteiger partial charge in [0.15, 0.2) is 0 Å². The molecule has 0 radical (unpaired) electrons. The van der Waals surface area contributed by atoms with Gasteiger partial charge >= 0.3 is 0 Å². The van der Waals surface area contributed by atoms with E-state index in [1.165, 1.54) is 18.2 Å².